The maximum absolute atomic E-state index is 6.53. The highest BCUT2D eigenvalue weighted by molar-refractivity contribution is 5.68. The number of hydrogen-bond donors (Lipinski definition) is 0. The highest BCUT2D eigenvalue weighted by Crippen LogP contribution is 2.60. The molecule has 1 fully saturated rings. The van der Waals surface area contributed by atoms with Crippen LogP contribution in [0, 0.1) is 0 Å². The van der Waals surface area contributed by atoms with Gasteiger partial charge in [0.15, 0.2) is 0 Å². The smallest absolute Gasteiger partial charge is 0.140 e. The van der Waals surface area contributed by atoms with Crippen LogP contribution in [0.3, 0.4) is 0 Å². The molecule has 1 aromatic carbocycles. The molecule has 124 valence electrons. The van der Waals surface area contributed by atoms with E-state index < -0.39 is 0 Å². The lowest BCUT2D eigenvalue weighted by Gasteiger charge is -2.30. The normalized spacial score (nSPS) is 33.9. The highest BCUT2D eigenvalue weighted by Gasteiger charge is 2.60. The summed E-state index contributed by atoms with van der Waals surface area (Å²) in [6.45, 7) is 8.96. The minimum atomic E-state index is -0.0277. The van der Waals surface area contributed by atoms with Gasteiger partial charge >= 0.3 is 0 Å². The summed E-state index contributed by atoms with van der Waals surface area (Å²) in [5, 5.41) is 0. The van der Waals surface area contributed by atoms with Crippen molar-refractivity contribution in [1.29, 1.82) is 0 Å². The Balaban J connectivity index is 1.94. The van der Waals surface area contributed by atoms with Crippen LogP contribution in [0.15, 0.2) is 29.8 Å². The van der Waals surface area contributed by atoms with Crippen molar-refractivity contribution in [1.82, 2.24) is 0 Å². The summed E-state index contributed by atoms with van der Waals surface area (Å²) in [5.74, 6) is 0.560. The van der Waals surface area contributed by atoms with Crippen LogP contribution in [0.25, 0.3) is 0 Å². The molecule has 0 radical (unpaired) electrons. The summed E-state index contributed by atoms with van der Waals surface area (Å²) < 4.78 is 6.53. The Hall–Kier alpha value is -1.28. The summed E-state index contributed by atoms with van der Waals surface area (Å²) in [5.41, 5.74) is 6.13. The fourth-order valence-corrected chi connectivity index (χ4v) is 5.50. The van der Waals surface area contributed by atoms with Crippen molar-refractivity contribution >= 4 is 5.69 Å². The van der Waals surface area contributed by atoms with E-state index in [0.717, 1.165) is 6.42 Å². The molecule has 0 saturated carbocycles. The van der Waals surface area contributed by atoms with E-state index in [-0.39, 0.29) is 17.2 Å². The molecule has 0 amide bonds. The Bertz CT molecular complexity index is 670. The Morgan fingerprint density at radius 2 is 2.09 bits per heavy atom. The van der Waals surface area contributed by atoms with Crippen molar-refractivity contribution < 1.29 is 4.74 Å². The number of benzene rings is 1. The predicted octanol–water partition coefficient (Wildman–Crippen LogP) is 5.13. The fourth-order valence-electron chi connectivity index (χ4n) is 5.50. The lowest BCUT2D eigenvalue weighted by Crippen LogP contribution is -2.39. The number of anilines is 1. The number of hydrogen-bond acceptors (Lipinski definition) is 2. The average Bonchev–Trinajstić information content (AvgIpc) is 2.79. The SMILES string of the molecule is CC(C)=C[C@H]1CCC[C@@]23CC(C)(C)O[C@@H]2N(C)c2cccc1c23. The van der Waals surface area contributed by atoms with Crippen LogP contribution in [-0.2, 0) is 10.2 Å². The maximum atomic E-state index is 6.53. The van der Waals surface area contributed by atoms with E-state index in [1.165, 1.54) is 30.5 Å². The van der Waals surface area contributed by atoms with E-state index in [0.29, 0.717) is 5.92 Å². The van der Waals surface area contributed by atoms with E-state index in [1.807, 2.05) is 0 Å². The second-order valence-electron chi connectivity index (χ2n) is 8.66. The van der Waals surface area contributed by atoms with Crippen LogP contribution in [-0.4, -0.2) is 18.9 Å². The van der Waals surface area contributed by atoms with Gasteiger partial charge in [0.1, 0.15) is 6.23 Å². The van der Waals surface area contributed by atoms with Crippen molar-refractivity contribution in [3.63, 3.8) is 0 Å². The Morgan fingerprint density at radius 1 is 1.30 bits per heavy atom. The largest absolute Gasteiger partial charge is 0.352 e. The average molecular weight is 311 g/mol. The molecule has 1 aromatic rings. The van der Waals surface area contributed by atoms with Gasteiger partial charge in [-0.25, -0.2) is 0 Å². The quantitative estimate of drug-likeness (QED) is 0.666. The molecule has 3 aliphatic rings. The highest BCUT2D eigenvalue weighted by atomic mass is 16.5. The topological polar surface area (TPSA) is 12.5 Å². The third-order valence-electron chi connectivity index (χ3n) is 6.02. The van der Waals surface area contributed by atoms with Crippen LogP contribution in [0.5, 0.6) is 0 Å². The van der Waals surface area contributed by atoms with Crippen molar-refractivity contribution in [2.45, 2.75) is 76.5 Å². The van der Waals surface area contributed by atoms with Gasteiger partial charge in [0.25, 0.3) is 0 Å². The minimum absolute atomic E-state index is 0.0277. The molecule has 4 rings (SSSR count). The molecule has 23 heavy (non-hydrogen) atoms. The van der Waals surface area contributed by atoms with Gasteiger partial charge in [-0.1, -0.05) is 30.2 Å². The first-order valence-corrected chi connectivity index (χ1v) is 9.03. The van der Waals surface area contributed by atoms with Crippen molar-refractivity contribution in [2.24, 2.45) is 0 Å². The molecule has 0 bridgehead atoms. The molecular weight excluding hydrogens is 282 g/mol. The lowest BCUT2D eigenvalue weighted by molar-refractivity contribution is -0.0202. The fraction of sp³-hybridized carbons (Fsp3) is 0.619. The summed E-state index contributed by atoms with van der Waals surface area (Å²) in [6.07, 6.45) is 7.62. The lowest BCUT2D eigenvalue weighted by atomic mass is 9.72. The third kappa shape index (κ3) is 2.11. The Kier molecular flexibility index (Phi) is 3.22. The molecule has 2 aliphatic heterocycles. The minimum Gasteiger partial charge on any atom is -0.352 e. The summed E-state index contributed by atoms with van der Waals surface area (Å²) in [7, 11) is 2.22. The summed E-state index contributed by atoms with van der Waals surface area (Å²) >= 11 is 0. The molecular formula is C21H29NO. The zero-order valence-corrected chi connectivity index (χ0v) is 15.1. The molecule has 1 aliphatic carbocycles. The molecule has 1 saturated heterocycles. The number of nitrogens with zero attached hydrogens (tertiary/aromatic N) is 1. The van der Waals surface area contributed by atoms with E-state index in [4.69, 9.17) is 4.74 Å². The molecule has 2 heteroatoms. The standard InChI is InChI=1S/C21H29NO/c1-14(2)12-15-8-7-11-21-13-20(3,4)23-19(21)22(5)17-10-6-9-16(15)18(17)21/h6,9-10,12,15,19H,7-8,11,13H2,1-5H3/t15-,19+,21+/m1/s1. The van der Waals surface area contributed by atoms with E-state index >= 15 is 0 Å². The van der Waals surface area contributed by atoms with E-state index in [2.05, 4.69) is 63.9 Å². The van der Waals surface area contributed by atoms with E-state index in [9.17, 15) is 0 Å². The maximum Gasteiger partial charge on any atom is 0.140 e. The van der Waals surface area contributed by atoms with Gasteiger partial charge in [-0.15, -0.1) is 0 Å². The summed E-state index contributed by atoms with van der Waals surface area (Å²) in [4.78, 5) is 2.40. The molecule has 3 atom stereocenters. The molecule has 2 nitrogen and oxygen atoms in total. The summed E-state index contributed by atoms with van der Waals surface area (Å²) in [6, 6.07) is 6.90. The number of rotatable bonds is 1. The predicted molar refractivity (Wildman–Crippen MR) is 96.1 cm³/mol. The van der Waals surface area contributed by atoms with Crippen molar-refractivity contribution in [2.75, 3.05) is 11.9 Å². The van der Waals surface area contributed by atoms with Gasteiger partial charge in [0.05, 0.1) is 5.60 Å². The number of allylic oxidation sites excluding steroid dienone is 2. The van der Waals surface area contributed by atoms with Gasteiger partial charge in [0.2, 0.25) is 0 Å². The first-order valence-electron chi connectivity index (χ1n) is 9.03. The van der Waals surface area contributed by atoms with Gasteiger partial charge in [-0.05, 0) is 64.2 Å². The number of likely N-dealkylation sites (N-methyl/N-ethyl adjacent to an activating group) is 1. The van der Waals surface area contributed by atoms with Crippen LogP contribution < -0.4 is 4.90 Å². The van der Waals surface area contributed by atoms with Gasteiger partial charge in [-0.3, -0.25) is 0 Å². The third-order valence-corrected chi connectivity index (χ3v) is 6.02. The van der Waals surface area contributed by atoms with Crippen LogP contribution in [0.1, 0.15) is 70.4 Å². The van der Waals surface area contributed by atoms with Crippen LogP contribution in [0.2, 0.25) is 0 Å². The molecule has 0 N–H and O–H groups in total. The van der Waals surface area contributed by atoms with Crippen molar-refractivity contribution in [3.05, 3.63) is 41.0 Å². The molecule has 2 heterocycles. The Morgan fingerprint density at radius 3 is 2.83 bits per heavy atom. The van der Waals surface area contributed by atoms with Gasteiger partial charge in [-0.2, -0.15) is 0 Å². The second-order valence-corrected chi connectivity index (χ2v) is 8.66. The Labute approximate surface area is 140 Å². The second kappa shape index (κ2) is 4.86. The zero-order chi connectivity index (χ0) is 16.4. The zero-order valence-electron chi connectivity index (χ0n) is 15.1. The first-order chi connectivity index (χ1) is 10.8. The van der Waals surface area contributed by atoms with Gasteiger partial charge < -0.3 is 9.64 Å². The van der Waals surface area contributed by atoms with Crippen molar-refractivity contribution in [3.8, 4) is 0 Å². The van der Waals surface area contributed by atoms with Crippen LogP contribution >= 0.6 is 0 Å². The van der Waals surface area contributed by atoms with Gasteiger partial charge in [0, 0.05) is 24.1 Å². The molecule has 0 aromatic heterocycles. The van der Waals surface area contributed by atoms with E-state index in [1.54, 1.807) is 11.1 Å². The molecule has 0 unspecified atom stereocenters. The van der Waals surface area contributed by atoms with Crippen LogP contribution in [0.4, 0.5) is 5.69 Å². The number of ether oxygens (including phenoxy) is 1. The monoisotopic (exact) mass is 311 g/mol. The molecule has 1 spiro atoms. The first kappa shape index (κ1) is 15.3.